The number of anilines is 1. The summed E-state index contributed by atoms with van der Waals surface area (Å²) in [5.74, 6) is 0.216. The van der Waals surface area contributed by atoms with Gasteiger partial charge >= 0.3 is 0 Å². The topological polar surface area (TPSA) is 49.4 Å². The molecule has 1 saturated heterocycles. The Bertz CT molecular complexity index is 534. The molecule has 1 aliphatic rings. The molecular weight excluding hydrogens is 284 g/mol. The van der Waals surface area contributed by atoms with E-state index in [2.05, 4.69) is 17.3 Å². The van der Waals surface area contributed by atoms with E-state index in [1.54, 1.807) is 12.1 Å². The Labute approximate surface area is 128 Å². The molecule has 21 heavy (non-hydrogen) atoms. The second kappa shape index (κ2) is 7.27. The highest BCUT2D eigenvalue weighted by Crippen LogP contribution is 2.19. The van der Waals surface area contributed by atoms with Crippen molar-refractivity contribution in [2.75, 3.05) is 30.8 Å². The zero-order chi connectivity index (χ0) is 15.3. The monoisotopic (exact) mass is 310 g/mol. The summed E-state index contributed by atoms with van der Waals surface area (Å²) < 4.78 is 24.0. The molecule has 1 heterocycles. The summed E-state index contributed by atoms with van der Waals surface area (Å²) in [6.45, 7) is 3.95. The second-order valence-electron chi connectivity index (χ2n) is 5.84. The third-order valence-electron chi connectivity index (χ3n) is 4.02. The zero-order valence-electron chi connectivity index (χ0n) is 13.0. The van der Waals surface area contributed by atoms with Gasteiger partial charge in [0.05, 0.1) is 10.6 Å². The highest BCUT2D eigenvalue weighted by atomic mass is 32.2. The molecule has 1 aromatic rings. The average molecular weight is 310 g/mol. The van der Waals surface area contributed by atoms with Crippen molar-refractivity contribution in [1.29, 1.82) is 0 Å². The van der Waals surface area contributed by atoms with Crippen molar-refractivity contribution in [2.45, 2.75) is 43.5 Å². The van der Waals surface area contributed by atoms with Crippen molar-refractivity contribution in [3.8, 4) is 0 Å². The Morgan fingerprint density at radius 3 is 2.52 bits per heavy atom. The summed E-state index contributed by atoms with van der Waals surface area (Å²) in [7, 11) is -1.05. The number of hydrogen-bond acceptors (Lipinski definition) is 4. The van der Waals surface area contributed by atoms with E-state index < -0.39 is 9.84 Å². The molecule has 0 radical (unpaired) electrons. The van der Waals surface area contributed by atoms with Crippen LogP contribution in [-0.2, 0) is 9.84 Å². The number of piperidine rings is 1. The maximum absolute atomic E-state index is 12.0. The highest BCUT2D eigenvalue weighted by Gasteiger charge is 2.16. The molecule has 1 N–H and O–H groups in total. The summed E-state index contributed by atoms with van der Waals surface area (Å²) in [4.78, 5) is 2.62. The maximum atomic E-state index is 12.0. The van der Waals surface area contributed by atoms with Gasteiger partial charge in [-0.15, -0.1) is 0 Å². The molecule has 5 heteroatoms. The molecule has 0 spiro atoms. The van der Waals surface area contributed by atoms with Gasteiger partial charge in [-0.25, -0.2) is 8.42 Å². The van der Waals surface area contributed by atoms with E-state index in [-0.39, 0.29) is 5.75 Å². The molecule has 0 aromatic heterocycles. The fourth-order valence-corrected chi connectivity index (χ4v) is 4.13. The Morgan fingerprint density at radius 2 is 1.95 bits per heavy atom. The van der Waals surface area contributed by atoms with E-state index in [1.807, 2.05) is 19.1 Å². The van der Waals surface area contributed by atoms with Gasteiger partial charge in [0.15, 0.2) is 9.84 Å². The molecular formula is C16H26N2O2S. The Balaban J connectivity index is 2.01. The predicted octanol–water partition coefficient (Wildman–Crippen LogP) is 2.45. The van der Waals surface area contributed by atoms with Crippen molar-refractivity contribution in [2.24, 2.45) is 0 Å². The van der Waals surface area contributed by atoms with Gasteiger partial charge in [0.25, 0.3) is 0 Å². The molecule has 1 fully saturated rings. The van der Waals surface area contributed by atoms with Crippen LogP contribution in [0.4, 0.5) is 5.69 Å². The number of hydrogen-bond donors (Lipinski definition) is 1. The van der Waals surface area contributed by atoms with Gasteiger partial charge in [0.2, 0.25) is 0 Å². The standard InChI is InChI=1S/C16H26N2O2S/c1-3-12-21(19,20)16-9-7-15(8-10-16)18(2)13-14-6-4-5-11-17-14/h7-10,14,17H,3-6,11-13H2,1-2H3. The van der Waals surface area contributed by atoms with Crippen molar-refractivity contribution in [3.63, 3.8) is 0 Å². The third kappa shape index (κ3) is 4.45. The van der Waals surface area contributed by atoms with E-state index in [1.165, 1.54) is 19.3 Å². The lowest BCUT2D eigenvalue weighted by atomic mass is 10.0. The van der Waals surface area contributed by atoms with Gasteiger partial charge < -0.3 is 10.2 Å². The lowest BCUT2D eigenvalue weighted by molar-refractivity contribution is 0.403. The number of nitrogens with zero attached hydrogens (tertiary/aromatic N) is 1. The molecule has 0 aliphatic carbocycles. The predicted molar refractivity (Wildman–Crippen MR) is 87.7 cm³/mol. The smallest absolute Gasteiger partial charge is 0.178 e. The molecule has 1 aromatic carbocycles. The summed E-state index contributed by atoms with van der Waals surface area (Å²) in [5.41, 5.74) is 1.07. The summed E-state index contributed by atoms with van der Waals surface area (Å²) in [6, 6.07) is 7.81. The molecule has 0 saturated carbocycles. The Hall–Kier alpha value is -1.07. The van der Waals surface area contributed by atoms with Crippen molar-refractivity contribution in [1.82, 2.24) is 5.32 Å². The van der Waals surface area contributed by atoms with Crippen LogP contribution < -0.4 is 10.2 Å². The number of sulfone groups is 1. The summed E-state index contributed by atoms with van der Waals surface area (Å²) >= 11 is 0. The molecule has 2 rings (SSSR count). The van der Waals surface area contributed by atoms with E-state index in [0.29, 0.717) is 17.4 Å². The fraction of sp³-hybridized carbons (Fsp3) is 0.625. The van der Waals surface area contributed by atoms with Crippen LogP contribution in [0.5, 0.6) is 0 Å². The van der Waals surface area contributed by atoms with Gasteiger partial charge in [0, 0.05) is 25.3 Å². The number of likely N-dealkylation sites (N-methyl/N-ethyl adjacent to an activating group) is 1. The maximum Gasteiger partial charge on any atom is 0.178 e. The zero-order valence-corrected chi connectivity index (χ0v) is 13.8. The summed E-state index contributed by atoms with van der Waals surface area (Å²) in [5, 5.41) is 3.53. The van der Waals surface area contributed by atoms with Gasteiger partial charge in [-0.2, -0.15) is 0 Å². The minimum Gasteiger partial charge on any atom is -0.373 e. The Kier molecular flexibility index (Phi) is 5.65. The minimum absolute atomic E-state index is 0.216. The van der Waals surface area contributed by atoms with Crippen LogP contribution in [0.2, 0.25) is 0 Å². The highest BCUT2D eigenvalue weighted by molar-refractivity contribution is 7.91. The molecule has 1 unspecified atom stereocenters. The summed E-state index contributed by atoms with van der Waals surface area (Å²) in [6.07, 6.45) is 4.43. The normalized spacial score (nSPS) is 19.4. The SMILES string of the molecule is CCCS(=O)(=O)c1ccc(N(C)CC2CCCCN2)cc1. The minimum atomic E-state index is -3.11. The van der Waals surface area contributed by atoms with Gasteiger partial charge in [-0.1, -0.05) is 13.3 Å². The number of rotatable bonds is 6. The second-order valence-corrected chi connectivity index (χ2v) is 7.95. The van der Waals surface area contributed by atoms with Gasteiger partial charge in [-0.3, -0.25) is 0 Å². The largest absolute Gasteiger partial charge is 0.373 e. The van der Waals surface area contributed by atoms with Crippen molar-refractivity contribution in [3.05, 3.63) is 24.3 Å². The van der Waals surface area contributed by atoms with Gasteiger partial charge in [-0.05, 0) is 50.1 Å². The lowest BCUT2D eigenvalue weighted by Crippen LogP contribution is -2.42. The first kappa shape index (κ1) is 16.3. The quantitative estimate of drug-likeness (QED) is 0.877. The molecule has 0 bridgehead atoms. The first-order chi connectivity index (χ1) is 10.0. The number of nitrogens with one attached hydrogen (secondary N) is 1. The Morgan fingerprint density at radius 1 is 1.24 bits per heavy atom. The van der Waals surface area contributed by atoms with Gasteiger partial charge in [0.1, 0.15) is 0 Å². The molecule has 0 amide bonds. The van der Waals surface area contributed by atoms with E-state index in [9.17, 15) is 8.42 Å². The van der Waals surface area contributed by atoms with Crippen molar-refractivity contribution >= 4 is 15.5 Å². The van der Waals surface area contributed by atoms with Crippen molar-refractivity contribution < 1.29 is 8.42 Å². The molecule has 118 valence electrons. The molecule has 4 nitrogen and oxygen atoms in total. The van der Waals surface area contributed by atoms with Crippen LogP contribution in [0.1, 0.15) is 32.6 Å². The van der Waals surface area contributed by atoms with Crippen LogP contribution in [0, 0.1) is 0 Å². The number of benzene rings is 1. The van der Waals surface area contributed by atoms with E-state index in [4.69, 9.17) is 0 Å². The molecule has 1 aliphatic heterocycles. The fourth-order valence-electron chi connectivity index (χ4n) is 2.81. The van der Waals surface area contributed by atoms with Crippen LogP contribution in [-0.4, -0.2) is 40.3 Å². The van der Waals surface area contributed by atoms with E-state index in [0.717, 1.165) is 18.8 Å². The first-order valence-corrected chi connectivity index (χ1v) is 9.45. The first-order valence-electron chi connectivity index (χ1n) is 7.80. The lowest BCUT2D eigenvalue weighted by Gasteiger charge is -2.29. The van der Waals surface area contributed by atoms with Crippen LogP contribution in [0.3, 0.4) is 0 Å². The van der Waals surface area contributed by atoms with Crippen LogP contribution >= 0.6 is 0 Å². The molecule has 1 atom stereocenters. The van der Waals surface area contributed by atoms with E-state index >= 15 is 0 Å². The third-order valence-corrected chi connectivity index (χ3v) is 5.95. The van der Waals surface area contributed by atoms with Crippen LogP contribution in [0.15, 0.2) is 29.2 Å². The van der Waals surface area contributed by atoms with Crippen LogP contribution in [0.25, 0.3) is 0 Å². The average Bonchev–Trinajstić information content (AvgIpc) is 2.48.